The summed E-state index contributed by atoms with van der Waals surface area (Å²) >= 11 is 0. The number of rotatable bonds is 5. The van der Waals surface area contributed by atoms with Crippen LogP contribution in [0.2, 0.25) is 0 Å². The van der Waals surface area contributed by atoms with Crippen molar-refractivity contribution in [1.82, 2.24) is 5.32 Å². The number of hydrogen-bond donors (Lipinski definition) is 2. The second kappa shape index (κ2) is 8.76. The molecule has 2 rings (SSSR count). The molecule has 2 aromatic carbocycles. The molecule has 124 valence electrons. The van der Waals surface area contributed by atoms with E-state index in [1.807, 2.05) is 56.3 Å². The topological polar surface area (TPSA) is 58.6 Å². The van der Waals surface area contributed by atoms with Gasteiger partial charge >= 0.3 is 0 Å². The monoisotopic (exact) mass is 323 g/mol. The van der Waals surface area contributed by atoms with Crippen LogP contribution in [0.1, 0.15) is 31.1 Å². The molecule has 2 aromatic rings. The number of benzene rings is 2. The van der Waals surface area contributed by atoms with Gasteiger partial charge in [0.2, 0.25) is 0 Å². The number of nitrogens with one attached hydrogen (secondary N) is 1. The van der Waals surface area contributed by atoms with E-state index < -0.39 is 12.0 Å². The molecule has 0 bridgehead atoms. The largest absolute Gasteiger partial charge is 0.491 e. The number of amides is 1. The van der Waals surface area contributed by atoms with Gasteiger partial charge in [-0.1, -0.05) is 36.3 Å². The lowest BCUT2D eigenvalue weighted by atomic mass is 10.1. The Bertz CT molecular complexity index is 729. The average molecular weight is 323 g/mol. The highest BCUT2D eigenvalue weighted by Gasteiger charge is 2.10. The van der Waals surface area contributed by atoms with Crippen molar-refractivity contribution in [3.8, 4) is 17.6 Å². The molecule has 0 saturated carbocycles. The van der Waals surface area contributed by atoms with Crippen LogP contribution in [0.25, 0.3) is 0 Å². The van der Waals surface area contributed by atoms with E-state index in [0.29, 0.717) is 11.3 Å². The summed E-state index contributed by atoms with van der Waals surface area (Å²) in [6.45, 7) is 3.97. The molecule has 0 aliphatic heterocycles. The number of aliphatic hydroxyl groups is 1. The summed E-state index contributed by atoms with van der Waals surface area (Å²) in [5.41, 5.74) is 1.45. The first kappa shape index (κ1) is 17.6. The zero-order valence-corrected chi connectivity index (χ0v) is 13.8. The number of hydrogen-bond acceptors (Lipinski definition) is 3. The van der Waals surface area contributed by atoms with Crippen LogP contribution < -0.4 is 10.1 Å². The molecule has 0 fully saturated rings. The Morgan fingerprint density at radius 1 is 1.17 bits per heavy atom. The summed E-state index contributed by atoms with van der Waals surface area (Å²) in [6, 6.07) is 16.5. The van der Waals surface area contributed by atoms with Gasteiger partial charge in [0, 0.05) is 18.0 Å². The highest BCUT2D eigenvalue weighted by Crippen LogP contribution is 2.19. The fourth-order valence-corrected chi connectivity index (χ4v) is 2.07. The zero-order valence-electron chi connectivity index (χ0n) is 13.8. The molecule has 1 atom stereocenters. The van der Waals surface area contributed by atoms with Crippen molar-refractivity contribution in [3.05, 3.63) is 65.7 Å². The lowest BCUT2D eigenvalue weighted by Crippen LogP contribution is -2.27. The third-order valence-electron chi connectivity index (χ3n) is 3.16. The van der Waals surface area contributed by atoms with Crippen LogP contribution in [0, 0.1) is 11.8 Å². The summed E-state index contributed by atoms with van der Waals surface area (Å²) in [4.78, 5) is 11.7. The summed E-state index contributed by atoms with van der Waals surface area (Å²) in [7, 11) is 0. The molecule has 1 amide bonds. The molecule has 0 aromatic heterocycles. The zero-order chi connectivity index (χ0) is 17.4. The fourth-order valence-electron chi connectivity index (χ4n) is 2.07. The second-order valence-corrected chi connectivity index (χ2v) is 5.58. The lowest BCUT2D eigenvalue weighted by molar-refractivity contribution is -0.116. The number of carbonyl (C=O) groups excluding carboxylic acids is 1. The van der Waals surface area contributed by atoms with E-state index in [2.05, 4.69) is 17.2 Å². The van der Waals surface area contributed by atoms with Gasteiger partial charge in [-0.3, -0.25) is 4.79 Å². The van der Waals surface area contributed by atoms with E-state index in [4.69, 9.17) is 4.74 Å². The van der Waals surface area contributed by atoms with Crippen LogP contribution in [0.3, 0.4) is 0 Å². The minimum atomic E-state index is -0.816. The molecule has 2 N–H and O–H groups in total. The first-order valence-electron chi connectivity index (χ1n) is 7.84. The van der Waals surface area contributed by atoms with E-state index >= 15 is 0 Å². The molecule has 0 spiro atoms. The fraction of sp³-hybridized carbons (Fsp3) is 0.250. The average Bonchev–Trinajstić information content (AvgIpc) is 2.58. The third kappa shape index (κ3) is 5.79. The Morgan fingerprint density at radius 2 is 1.92 bits per heavy atom. The van der Waals surface area contributed by atoms with Gasteiger partial charge in [-0.25, -0.2) is 0 Å². The highest BCUT2D eigenvalue weighted by atomic mass is 16.5. The molecule has 1 unspecified atom stereocenters. The molecule has 0 heterocycles. The maximum atomic E-state index is 11.7. The normalized spacial score (nSPS) is 11.3. The van der Waals surface area contributed by atoms with Crippen molar-refractivity contribution in [2.75, 3.05) is 6.54 Å². The van der Waals surface area contributed by atoms with Crippen molar-refractivity contribution in [1.29, 1.82) is 0 Å². The second-order valence-electron chi connectivity index (χ2n) is 5.58. The molecule has 0 saturated heterocycles. The molecule has 24 heavy (non-hydrogen) atoms. The number of ether oxygens (including phenoxy) is 1. The predicted octanol–water partition coefficient (Wildman–Crippen LogP) is 2.68. The van der Waals surface area contributed by atoms with Crippen molar-refractivity contribution in [2.24, 2.45) is 0 Å². The van der Waals surface area contributed by atoms with Gasteiger partial charge in [0.25, 0.3) is 5.91 Å². The molecular weight excluding hydrogens is 302 g/mol. The summed E-state index contributed by atoms with van der Waals surface area (Å²) in [5, 5.41) is 12.8. The van der Waals surface area contributed by atoms with Crippen LogP contribution in [0.5, 0.6) is 5.75 Å². The van der Waals surface area contributed by atoms with Crippen molar-refractivity contribution in [2.45, 2.75) is 26.1 Å². The molecule has 4 nitrogen and oxygen atoms in total. The van der Waals surface area contributed by atoms with Gasteiger partial charge < -0.3 is 15.2 Å². The third-order valence-corrected chi connectivity index (χ3v) is 3.16. The van der Waals surface area contributed by atoms with Crippen LogP contribution in [-0.2, 0) is 4.79 Å². The Balaban J connectivity index is 1.90. The van der Waals surface area contributed by atoms with E-state index in [1.165, 1.54) is 0 Å². The van der Waals surface area contributed by atoms with Gasteiger partial charge in [0.15, 0.2) is 0 Å². The first-order valence-corrected chi connectivity index (χ1v) is 7.84. The van der Waals surface area contributed by atoms with Crippen molar-refractivity contribution < 1.29 is 14.6 Å². The molecule has 0 aliphatic carbocycles. The van der Waals surface area contributed by atoms with E-state index in [-0.39, 0.29) is 12.6 Å². The van der Waals surface area contributed by atoms with Gasteiger partial charge in [0.1, 0.15) is 5.75 Å². The molecular formula is C20H21NO3. The minimum absolute atomic E-state index is 0.0605. The lowest BCUT2D eigenvalue weighted by Gasteiger charge is -2.14. The first-order chi connectivity index (χ1) is 11.5. The Hall–Kier alpha value is -2.77. The Morgan fingerprint density at radius 3 is 2.62 bits per heavy atom. The van der Waals surface area contributed by atoms with Crippen molar-refractivity contribution in [3.63, 3.8) is 0 Å². The minimum Gasteiger partial charge on any atom is -0.491 e. The summed E-state index contributed by atoms with van der Waals surface area (Å²) < 4.78 is 5.60. The van der Waals surface area contributed by atoms with E-state index in [1.54, 1.807) is 12.1 Å². The Labute approximate surface area is 142 Å². The van der Waals surface area contributed by atoms with Gasteiger partial charge in [-0.15, -0.1) is 0 Å². The molecule has 4 heteroatoms. The van der Waals surface area contributed by atoms with Gasteiger partial charge in [0.05, 0.1) is 12.2 Å². The van der Waals surface area contributed by atoms with Gasteiger partial charge in [-0.05, 0) is 43.7 Å². The summed E-state index contributed by atoms with van der Waals surface area (Å²) in [5.74, 6) is 5.55. The standard InChI is InChI=1S/C20H21NO3/c1-15(2)24-18-10-6-9-17(13-18)19(22)14-21-20(23)12-11-16-7-4-3-5-8-16/h3-10,13,15,19,22H,14H2,1-2H3,(H,21,23). The number of carbonyl (C=O) groups is 1. The van der Waals surface area contributed by atoms with E-state index in [0.717, 1.165) is 5.56 Å². The van der Waals surface area contributed by atoms with Crippen molar-refractivity contribution >= 4 is 5.91 Å². The van der Waals surface area contributed by atoms with Crippen LogP contribution in [-0.4, -0.2) is 23.7 Å². The highest BCUT2D eigenvalue weighted by molar-refractivity contribution is 5.94. The Kier molecular flexibility index (Phi) is 6.41. The molecule has 0 aliphatic rings. The van der Waals surface area contributed by atoms with Crippen LogP contribution >= 0.6 is 0 Å². The van der Waals surface area contributed by atoms with E-state index in [9.17, 15) is 9.90 Å². The predicted molar refractivity (Wildman–Crippen MR) is 93.5 cm³/mol. The SMILES string of the molecule is CC(C)Oc1cccc(C(O)CNC(=O)C#Cc2ccccc2)c1. The maximum absolute atomic E-state index is 11.7. The van der Waals surface area contributed by atoms with Gasteiger partial charge in [-0.2, -0.15) is 0 Å². The maximum Gasteiger partial charge on any atom is 0.296 e. The molecule has 0 radical (unpaired) electrons. The summed E-state index contributed by atoms with van der Waals surface area (Å²) in [6.07, 6.45) is -0.756. The van der Waals surface area contributed by atoms with Crippen LogP contribution in [0.4, 0.5) is 0 Å². The van der Waals surface area contributed by atoms with Crippen LogP contribution in [0.15, 0.2) is 54.6 Å². The smallest absolute Gasteiger partial charge is 0.296 e. The quantitative estimate of drug-likeness (QED) is 0.832. The number of aliphatic hydroxyl groups excluding tert-OH is 1.